The molecule has 1 N–H and O–H groups in total. The van der Waals surface area contributed by atoms with Crippen LogP contribution in [-0.4, -0.2) is 16.1 Å². The predicted molar refractivity (Wildman–Crippen MR) is 72.7 cm³/mol. The van der Waals surface area contributed by atoms with Crippen molar-refractivity contribution in [3.8, 4) is 5.69 Å². The minimum Gasteiger partial charge on any atom is -0.310 e. The first kappa shape index (κ1) is 11.5. The number of hydrogen-bond acceptors (Lipinski definition) is 2. The highest BCUT2D eigenvalue weighted by atomic mass is 15.0. The van der Waals surface area contributed by atoms with E-state index in [1.54, 1.807) is 6.20 Å². The molecule has 1 saturated carbocycles. The van der Waals surface area contributed by atoms with Gasteiger partial charge in [0.2, 0.25) is 0 Å². The summed E-state index contributed by atoms with van der Waals surface area (Å²) in [6, 6.07) is 9.11. The molecule has 0 amide bonds. The molecular formula is C15H19N3. The van der Waals surface area contributed by atoms with Crippen molar-refractivity contribution in [1.29, 1.82) is 0 Å². The molecule has 1 unspecified atom stereocenters. The lowest BCUT2D eigenvalue weighted by Crippen LogP contribution is -2.20. The fourth-order valence-corrected chi connectivity index (χ4v) is 2.13. The van der Waals surface area contributed by atoms with Gasteiger partial charge >= 0.3 is 0 Å². The Balaban J connectivity index is 1.66. The van der Waals surface area contributed by atoms with E-state index in [1.807, 2.05) is 17.1 Å². The third-order valence-electron chi connectivity index (χ3n) is 3.61. The number of nitrogens with one attached hydrogen (secondary N) is 1. The number of nitrogens with zero attached hydrogens (tertiary/aromatic N) is 2. The first-order chi connectivity index (χ1) is 8.83. The molecule has 1 fully saturated rings. The first-order valence-corrected chi connectivity index (χ1v) is 6.64. The standard InChI is InChI=1S/C15H19N3/c1-12(17-10-13-2-3-13)14-4-6-15(7-5-14)18-9-8-16-11-18/h4-9,11-13,17H,2-3,10H2,1H3. The quantitative estimate of drug-likeness (QED) is 0.872. The molecule has 1 aromatic carbocycles. The second-order valence-corrected chi connectivity index (χ2v) is 5.13. The molecule has 2 aromatic rings. The van der Waals surface area contributed by atoms with Crippen molar-refractivity contribution in [2.75, 3.05) is 6.54 Å². The van der Waals surface area contributed by atoms with Crippen LogP contribution in [0.4, 0.5) is 0 Å². The molecular weight excluding hydrogens is 222 g/mol. The van der Waals surface area contributed by atoms with Crippen LogP contribution >= 0.6 is 0 Å². The van der Waals surface area contributed by atoms with E-state index in [1.165, 1.54) is 18.4 Å². The van der Waals surface area contributed by atoms with Crippen molar-refractivity contribution in [2.45, 2.75) is 25.8 Å². The molecule has 1 atom stereocenters. The van der Waals surface area contributed by atoms with Crippen LogP contribution in [0.15, 0.2) is 43.0 Å². The minimum absolute atomic E-state index is 0.433. The lowest BCUT2D eigenvalue weighted by molar-refractivity contribution is 0.549. The molecule has 0 saturated heterocycles. The summed E-state index contributed by atoms with van der Waals surface area (Å²) in [6.07, 6.45) is 8.39. The van der Waals surface area contributed by atoms with Crippen LogP contribution in [0.3, 0.4) is 0 Å². The van der Waals surface area contributed by atoms with Crippen LogP contribution in [0.25, 0.3) is 5.69 Å². The molecule has 0 radical (unpaired) electrons. The van der Waals surface area contributed by atoms with Gasteiger partial charge in [-0.3, -0.25) is 0 Å². The molecule has 18 heavy (non-hydrogen) atoms. The van der Waals surface area contributed by atoms with Crippen LogP contribution in [-0.2, 0) is 0 Å². The van der Waals surface area contributed by atoms with Crippen LogP contribution in [0.5, 0.6) is 0 Å². The molecule has 0 aliphatic heterocycles. The summed E-state index contributed by atoms with van der Waals surface area (Å²) in [5.74, 6) is 0.928. The molecule has 1 aromatic heterocycles. The number of benzene rings is 1. The summed E-state index contributed by atoms with van der Waals surface area (Å²) < 4.78 is 2.02. The largest absolute Gasteiger partial charge is 0.310 e. The summed E-state index contributed by atoms with van der Waals surface area (Å²) in [5.41, 5.74) is 2.50. The van der Waals surface area contributed by atoms with E-state index in [2.05, 4.69) is 41.5 Å². The fraction of sp³-hybridized carbons (Fsp3) is 0.400. The summed E-state index contributed by atoms with van der Waals surface area (Å²) in [7, 11) is 0. The maximum Gasteiger partial charge on any atom is 0.0991 e. The van der Waals surface area contributed by atoms with Gasteiger partial charge in [0, 0.05) is 24.1 Å². The van der Waals surface area contributed by atoms with Crippen LogP contribution < -0.4 is 5.32 Å². The Morgan fingerprint density at radius 3 is 2.72 bits per heavy atom. The van der Waals surface area contributed by atoms with E-state index in [9.17, 15) is 0 Å². The second-order valence-electron chi connectivity index (χ2n) is 5.13. The smallest absolute Gasteiger partial charge is 0.0991 e. The molecule has 0 bridgehead atoms. The van der Waals surface area contributed by atoms with E-state index in [0.717, 1.165) is 18.2 Å². The molecule has 0 spiro atoms. The molecule has 1 aliphatic rings. The van der Waals surface area contributed by atoms with E-state index >= 15 is 0 Å². The molecule has 94 valence electrons. The SMILES string of the molecule is CC(NCC1CC1)c1ccc(-n2ccnc2)cc1. The first-order valence-electron chi connectivity index (χ1n) is 6.64. The molecule has 1 aliphatic carbocycles. The monoisotopic (exact) mass is 241 g/mol. The highest BCUT2D eigenvalue weighted by Crippen LogP contribution is 2.28. The molecule has 3 rings (SSSR count). The summed E-state index contributed by atoms with van der Waals surface area (Å²) in [5, 5.41) is 3.60. The molecule has 1 heterocycles. The number of rotatable bonds is 5. The van der Waals surface area contributed by atoms with Gasteiger partial charge in [0.05, 0.1) is 6.33 Å². The Bertz CT molecular complexity index is 483. The van der Waals surface area contributed by atoms with Crippen LogP contribution in [0, 0.1) is 5.92 Å². The highest BCUT2D eigenvalue weighted by molar-refractivity contribution is 5.35. The molecule has 3 nitrogen and oxygen atoms in total. The van der Waals surface area contributed by atoms with Crippen molar-refractivity contribution in [2.24, 2.45) is 5.92 Å². The van der Waals surface area contributed by atoms with E-state index in [4.69, 9.17) is 0 Å². The maximum atomic E-state index is 4.06. The maximum absolute atomic E-state index is 4.06. The summed E-state index contributed by atoms with van der Waals surface area (Å²) in [6.45, 7) is 3.39. The van der Waals surface area contributed by atoms with Crippen LogP contribution in [0.2, 0.25) is 0 Å². The van der Waals surface area contributed by atoms with Gasteiger partial charge in [-0.15, -0.1) is 0 Å². The van der Waals surface area contributed by atoms with Crippen molar-refractivity contribution in [1.82, 2.24) is 14.9 Å². The van der Waals surface area contributed by atoms with Gasteiger partial charge in [-0.05, 0) is 49.9 Å². The minimum atomic E-state index is 0.433. The summed E-state index contributed by atoms with van der Waals surface area (Å²) in [4.78, 5) is 4.06. The highest BCUT2D eigenvalue weighted by Gasteiger charge is 2.21. The van der Waals surface area contributed by atoms with Gasteiger partial charge in [0.1, 0.15) is 0 Å². The zero-order valence-corrected chi connectivity index (χ0v) is 10.7. The lowest BCUT2D eigenvalue weighted by Gasteiger charge is -2.14. The van der Waals surface area contributed by atoms with Gasteiger partial charge in [-0.1, -0.05) is 12.1 Å². The van der Waals surface area contributed by atoms with E-state index < -0.39 is 0 Å². The van der Waals surface area contributed by atoms with Crippen molar-refractivity contribution >= 4 is 0 Å². The van der Waals surface area contributed by atoms with Crippen molar-refractivity contribution in [3.63, 3.8) is 0 Å². The zero-order valence-electron chi connectivity index (χ0n) is 10.7. The topological polar surface area (TPSA) is 29.9 Å². The van der Waals surface area contributed by atoms with Gasteiger partial charge in [-0.25, -0.2) is 4.98 Å². The fourth-order valence-electron chi connectivity index (χ4n) is 2.13. The van der Waals surface area contributed by atoms with Crippen LogP contribution in [0.1, 0.15) is 31.4 Å². The Kier molecular flexibility index (Phi) is 3.15. The van der Waals surface area contributed by atoms with Gasteiger partial charge < -0.3 is 9.88 Å². The summed E-state index contributed by atoms with van der Waals surface area (Å²) >= 11 is 0. The number of imidazole rings is 1. The average Bonchev–Trinajstić information content (AvgIpc) is 3.08. The van der Waals surface area contributed by atoms with Gasteiger partial charge in [0.15, 0.2) is 0 Å². The third kappa shape index (κ3) is 2.62. The lowest BCUT2D eigenvalue weighted by atomic mass is 10.1. The predicted octanol–water partition coefficient (Wildman–Crippen LogP) is 2.93. The Labute approximate surface area is 108 Å². The van der Waals surface area contributed by atoms with Gasteiger partial charge in [-0.2, -0.15) is 0 Å². The van der Waals surface area contributed by atoms with Gasteiger partial charge in [0.25, 0.3) is 0 Å². The van der Waals surface area contributed by atoms with Crippen molar-refractivity contribution < 1.29 is 0 Å². The normalized spacial score (nSPS) is 16.7. The average molecular weight is 241 g/mol. The second kappa shape index (κ2) is 4.94. The van der Waals surface area contributed by atoms with Crippen molar-refractivity contribution in [3.05, 3.63) is 48.5 Å². The van der Waals surface area contributed by atoms with E-state index in [-0.39, 0.29) is 0 Å². The Morgan fingerprint density at radius 2 is 2.11 bits per heavy atom. The zero-order chi connectivity index (χ0) is 12.4. The van der Waals surface area contributed by atoms with E-state index in [0.29, 0.717) is 6.04 Å². The number of hydrogen-bond donors (Lipinski definition) is 1. The third-order valence-corrected chi connectivity index (χ3v) is 3.61. The molecule has 3 heteroatoms. The number of aromatic nitrogens is 2. The Hall–Kier alpha value is -1.61. The Morgan fingerprint density at radius 1 is 1.33 bits per heavy atom.